The second kappa shape index (κ2) is 6.71. The molecule has 0 aliphatic heterocycles. The van der Waals surface area contributed by atoms with E-state index in [4.69, 9.17) is 32.7 Å². The van der Waals surface area contributed by atoms with E-state index in [-0.39, 0.29) is 12.1 Å². The zero-order valence-electron chi connectivity index (χ0n) is 13.0. The fourth-order valence-corrected chi connectivity index (χ4v) is 2.97. The lowest BCUT2D eigenvalue weighted by atomic mass is 10.2. The number of benzene rings is 2. The summed E-state index contributed by atoms with van der Waals surface area (Å²) < 4.78 is 11.9. The van der Waals surface area contributed by atoms with Crippen LogP contribution in [0.3, 0.4) is 0 Å². The van der Waals surface area contributed by atoms with Crippen LogP contribution in [0.5, 0.6) is 11.5 Å². The Labute approximate surface area is 148 Å². The Kier molecular flexibility index (Phi) is 4.64. The van der Waals surface area contributed by atoms with Crippen LogP contribution in [0.25, 0.3) is 10.9 Å². The summed E-state index contributed by atoms with van der Waals surface area (Å²) in [6.07, 6.45) is 1.47. The van der Waals surface area contributed by atoms with Crippen LogP contribution in [0, 0.1) is 0 Å². The Hall–Kier alpha value is -2.24. The first kappa shape index (κ1) is 16.6. The van der Waals surface area contributed by atoms with Crippen LogP contribution in [0.4, 0.5) is 0 Å². The molecule has 0 bridgehead atoms. The average molecular weight is 365 g/mol. The van der Waals surface area contributed by atoms with E-state index >= 15 is 0 Å². The Balaban J connectivity index is 2.14. The molecule has 5 nitrogen and oxygen atoms in total. The molecular weight excluding hydrogens is 351 g/mol. The molecule has 0 fully saturated rings. The van der Waals surface area contributed by atoms with Crippen LogP contribution in [0.15, 0.2) is 41.5 Å². The first-order valence-electron chi connectivity index (χ1n) is 7.09. The van der Waals surface area contributed by atoms with Crippen LogP contribution < -0.4 is 15.0 Å². The van der Waals surface area contributed by atoms with Crippen LogP contribution in [0.2, 0.25) is 10.0 Å². The van der Waals surface area contributed by atoms with Crippen molar-refractivity contribution < 1.29 is 9.47 Å². The molecule has 0 atom stereocenters. The summed E-state index contributed by atoms with van der Waals surface area (Å²) in [6.45, 7) is 0.231. The lowest BCUT2D eigenvalue weighted by Crippen LogP contribution is -2.21. The molecule has 0 radical (unpaired) electrons. The molecule has 1 aromatic heterocycles. The summed E-state index contributed by atoms with van der Waals surface area (Å²) in [5.74, 6) is 0.987. The maximum absolute atomic E-state index is 12.8. The number of ether oxygens (including phenoxy) is 2. The summed E-state index contributed by atoms with van der Waals surface area (Å²) >= 11 is 12.4. The molecule has 3 aromatic rings. The Morgan fingerprint density at radius 2 is 1.71 bits per heavy atom. The SMILES string of the molecule is COc1cc2ncn(Cc3c(Cl)cccc3Cl)c(=O)c2cc1OC. The van der Waals surface area contributed by atoms with Gasteiger partial charge < -0.3 is 9.47 Å². The number of hydrogen-bond acceptors (Lipinski definition) is 4. The van der Waals surface area contributed by atoms with E-state index in [1.165, 1.54) is 25.1 Å². The van der Waals surface area contributed by atoms with Gasteiger partial charge in [0.15, 0.2) is 11.5 Å². The summed E-state index contributed by atoms with van der Waals surface area (Å²) in [4.78, 5) is 17.1. The Morgan fingerprint density at radius 3 is 2.33 bits per heavy atom. The molecule has 124 valence electrons. The van der Waals surface area contributed by atoms with E-state index in [9.17, 15) is 4.79 Å². The van der Waals surface area contributed by atoms with Crippen molar-refractivity contribution in [1.29, 1.82) is 0 Å². The van der Waals surface area contributed by atoms with E-state index in [1.807, 2.05) is 0 Å². The zero-order chi connectivity index (χ0) is 17.3. The van der Waals surface area contributed by atoms with Crippen molar-refractivity contribution in [3.05, 3.63) is 62.6 Å². The van der Waals surface area contributed by atoms with Gasteiger partial charge in [0.25, 0.3) is 5.56 Å². The Bertz CT molecular complexity index is 950. The number of nitrogens with zero attached hydrogens (tertiary/aromatic N) is 2. The van der Waals surface area contributed by atoms with Gasteiger partial charge in [-0.25, -0.2) is 4.98 Å². The van der Waals surface area contributed by atoms with E-state index in [0.29, 0.717) is 38.0 Å². The molecule has 0 spiro atoms. The number of hydrogen-bond donors (Lipinski definition) is 0. The number of halogens is 2. The van der Waals surface area contributed by atoms with Crippen molar-refractivity contribution in [3.8, 4) is 11.5 Å². The maximum Gasteiger partial charge on any atom is 0.261 e. The molecule has 0 saturated carbocycles. The third kappa shape index (κ3) is 2.92. The zero-order valence-corrected chi connectivity index (χ0v) is 14.6. The lowest BCUT2D eigenvalue weighted by Gasteiger charge is -2.12. The summed E-state index contributed by atoms with van der Waals surface area (Å²) in [5, 5.41) is 1.43. The molecule has 0 aliphatic carbocycles. The summed E-state index contributed by atoms with van der Waals surface area (Å²) in [7, 11) is 3.05. The second-order valence-corrected chi connectivity index (χ2v) is 5.92. The van der Waals surface area contributed by atoms with Crippen molar-refractivity contribution in [2.45, 2.75) is 6.54 Å². The number of rotatable bonds is 4. The van der Waals surface area contributed by atoms with Gasteiger partial charge >= 0.3 is 0 Å². The number of aromatic nitrogens is 2. The summed E-state index contributed by atoms with van der Waals surface area (Å²) in [5.41, 5.74) is 0.987. The molecule has 0 aliphatic rings. The topological polar surface area (TPSA) is 53.4 Å². The van der Waals surface area contributed by atoms with Gasteiger partial charge in [0.2, 0.25) is 0 Å². The Morgan fingerprint density at radius 1 is 1.08 bits per heavy atom. The van der Waals surface area contributed by atoms with Crippen LogP contribution in [-0.2, 0) is 6.54 Å². The molecule has 1 heterocycles. The first-order chi connectivity index (χ1) is 11.5. The largest absolute Gasteiger partial charge is 0.493 e. The highest BCUT2D eigenvalue weighted by Crippen LogP contribution is 2.30. The standard InChI is InChI=1S/C17H14Cl2N2O3/c1-23-15-6-10-14(7-16(15)24-2)20-9-21(17(10)22)8-11-12(18)4-3-5-13(11)19/h3-7,9H,8H2,1-2H3. The maximum atomic E-state index is 12.8. The predicted octanol–water partition coefficient (Wildman–Crippen LogP) is 3.77. The number of fused-ring (bicyclic) bond motifs is 1. The van der Waals surface area contributed by atoms with Gasteiger partial charge in [-0.15, -0.1) is 0 Å². The fraction of sp³-hybridized carbons (Fsp3) is 0.176. The van der Waals surface area contributed by atoms with Gasteiger partial charge in [0.1, 0.15) is 0 Å². The van der Waals surface area contributed by atoms with Gasteiger partial charge in [-0.2, -0.15) is 0 Å². The monoisotopic (exact) mass is 364 g/mol. The minimum atomic E-state index is -0.211. The molecule has 0 amide bonds. The molecule has 3 rings (SSSR count). The van der Waals surface area contributed by atoms with Crippen molar-refractivity contribution in [2.75, 3.05) is 14.2 Å². The highest BCUT2D eigenvalue weighted by molar-refractivity contribution is 6.35. The quantitative estimate of drug-likeness (QED) is 0.706. The van der Waals surface area contributed by atoms with Gasteiger partial charge in [0.05, 0.1) is 38.0 Å². The molecule has 0 unspecified atom stereocenters. The van der Waals surface area contributed by atoms with Crippen molar-refractivity contribution in [3.63, 3.8) is 0 Å². The second-order valence-electron chi connectivity index (χ2n) is 5.10. The first-order valence-corrected chi connectivity index (χ1v) is 7.84. The average Bonchev–Trinajstić information content (AvgIpc) is 2.59. The van der Waals surface area contributed by atoms with Gasteiger partial charge in [-0.3, -0.25) is 9.36 Å². The van der Waals surface area contributed by atoms with E-state index in [0.717, 1.165) is 0 Å². The van der Waals surface area contributed by atoms with Crippen molar-refractivity contribution >= 4 is 34.1 Å². The van der Waals surface area contributed by atoms with E-state index in [2.05, 4.69) is 4.98 Å². The van der Waals surface area contributed by atoms with Crippen LogP contribution in [-0.4, -0.2) is 23.8 Å². The van der Waals surface area contributed by atoms with Gasteiger partial charge in [-0.1, -0.05) is 29.3 Å². The highest BCUT2D eigenvalue weighted by Gasteiger charge is 2.13. The molecule has 0 N–H and O–H groups in total. The summed E-state index contributed by atoms with van der Waals surface area (Å²) in [6, 6.07) is 8.51. The van der Waals surface area contributed by atoms with Gasteiger partial charge in [0, 0.05) is 21.7 Å². The smallest absolute Gasteiger partial charge is 0.261 e. The number of methoxy groups -OCH3 is 2. The third-order valence-corrected chi connectivity index (χ3v) is 4.43. The van der Waals surface area contributed by atoms with Crippen molar-refractivity contribution in [1.82, 2.24) is 9.55 Å². The molecular formula is C17H14Cl2N2O3. The normalized spacial score (nSPS) is 10.8. The minimum Gasteiger partial charge on any atom is -0.493 e. The highest BCUT2D eigenvalue weighted by atomic mass is 35.5. The fourth-order valence-electron chi connectivity index (χ4n) is 2.45. The van der Waals surface area contributed by atoms with E-state index < -0.39 is 0 Å². The van der Waals surface area contributed by atoms with Crippen LogP contribution in [0.1, 0.15) is 5.56 Å². The molecule has 24 heavy (non-hydrogen) atoms. The molecule has 2 aromatic carbocycles. The predicted molar refractivity (Wildman–Crippen MR) is 94.7 cm³/mol. The third-order valence-electron chi connectivity index (χ3n) is 3.72. The van der Waals surface area contributed by atoms with E-state index in [1.54, 1.807) is 30.3 Å². The van der Waals surface area contributed by atoms with Crippen LogP contribution >= 0.6 is 23.2 Å². The lowest BCUT2D eigenvalue weighted by molar-refractivity contribution is 0.355. The van der Waals surface area contributed by atoms with Crippen molar-refractivity contribution in [2.24, 2.45) is 0 Å². The molecule has 0 saturated heterocycles. The van der Waals surface area contributed by atoms with Gasteiger partial charge in [-0.05, 0) is 18.2 Å². The minimum absolute atomic E-state index is 0.211. The molecule has 7 heteroatoms.